The fourth-order valence-corrected chi connectivity index (χ4v) is 6.12. The summed E-state index contributed by atoms with van der Waals surface area (Å²) in [6, 6.07) is 22.1. The number of ether oxygens (including phenoxy) is 2. The molecule has 9 nitrogen and oxygen atoms in total. The predicted molar refractivity (Wildman–Crippen MR) is 168 cm³/mol. The highest BCUT2D eigenvalue weighted by atomic mass is 19.4. The highest BCUT2D eigenvalue weighted by Gasteiger charge is 2.47. The molecular formula is C35H40F3N3O6. The van der Waals surface area contributed by atoms with E-state index in [0.717, 1.165) is 16.7 Å². The summed E-state index contributed by atoms with van der Waals surface area (Å²) in [5, 5.41) is 23.2. The van der Waals surface area contributed by atoms with E-state index in [1.54, 1.807) is 24.3 Å². The van der Waals surface area contributed by atoms with E-state index in [2.05, 4.69) is 5.32 Å². The van der Waals surface area contributed by atoms with Gasteiger partial charge in [-0.05, 0) is 55.6 Å². The third-order valence-electron chi connectivity index (χ3n) is 8.89. The lowest BCUT2D eigenvalue weighted by Crippen LogP contribution is -2.48. The number of halogens is 3. The van der Waals surface area contributed by atoms with Crippen molar-refractivity contribution in [3.8, 4) is 0 Å². The second-order valence-electron chi connectivity index (χ2n) is 12.2. The summed E-state index contributed by atoms with van der Waals surface area (Å²) in [6.45, 7) is 2.18. The molecule has 0 saturated carbocycles. The molecule has 12 heteroatoms. The van der Waals surface area contributed by atoms with Crippen molar-refractivity contribution in [1.82, 2.24) is 9.80 Å². The van der Waals surface area contributed by atoms with Crippen LogP contribution >= 0.6 is 0 Å². The molecule has 6 atom stereocenters. The number of nitrogens with zero attached hydrogens (tertiary/aromatic N) is 2. The Morgan fingerprint density at radius 3 is 2.43 bits per heavy atom. The quantitative estimate of drug-likeness (QED) is 0.273. The average molecular weight is 656 g/mol. The molecular weight excluding hydrogens is 615 g/mol. The number of carbonyl (C=O) groups is 2. The zero-order chi connectivity index (χ0) is 33.7. The first-order chi connectivity index (χ1) is 22.4. The maximum absolute atomic E-state index is 13.1. The number of anilines is 1. The molecule has 0 aliphatic carbocycles. The monoisotopic (exact) mass is 655 g/mol. The Bertz CT molecular complexity index is 1510. The van der Waals surface area contributed by atoms with Crippen LogP contribution < -0.4 is 5.32 Å². The first-order valence-electron chi connectivity index (χ1n) is 15.7. The molecule has 0 aromatic heterocycles. The second kappa shape index (κ2) is 15.0. The number of likely N-dealkylation sites (N-methyl/N-ethyl adjacent to an activating group) is 1. The number of alkyl halides is 3. The smallest absolute Gasteiger partial charge is 0.392 e. The Labute approximate surface area is 271 Å². The van der Waals surface area contributed by atoms with Crippen molar-refractivity contribution < 1.29 is 42.4 Å². The highest BCUT2D eigenvalue weighted by Crippen LogP contribution is 2.39. The maximum atomic E-state index is 13.1. The lowest BCUT2D eigenvalue weighted by atomic mass is 9.98. The molecule has 2 heterocycles. The van der Waals surface area contributed by atoms with E-state index >= 15 is 0 Å². The van der Waals surface area contributed by atoms with Gasteiger partial charge in [-0.25, -0.2) is 0 Å². The zero-order valence-corrected chi connectivity index (χ0v) is 26.3. The summed E-state index contributed by atoms with van der Waals surface area (Å²) < 4.78 is 52.2. The van der Waals surface area contributed by atoms with Crippen molar-refractivity contribution in [3.63, 3.8) is 0 Å². The lowest BCUT2D eigenvalue weighted by Gasteiger charge is -2.39. The summed E-state index contributed by atoms with van der Waals surface area (Å²) in [5.74, 6) is -2.72. The molecule has 3 aromatic carbocycles. The number of aliphatic hydroxyl groups is 2. The molecule has 47 heavy (non-hydrogen) atoms. The number of likely N-dealkylation sites (tertiary alicyclic amines) is 1. The van der Waals surface area contributed by atoms with Crippen LogP contribution in [0.2, 0.25) is 0 Å². The fraction of sp³-hybridized carbons (Fsp3) is 0.429. The second-order valence-corrected chi connectivity index (χ2v) is 12.2. The van der Waals surface area contributed by atoms with Gasteiger partial charge in [0.25, 0.3) is 0 Å². The highest BCUT2D eigenvalue weighted by molar-refractivity contribution is 5.98. The fourth-order valence-electron chi connectivity index (χ4n) is 6.12. The number of hydrogen-bond donors (Lipinski definition) is 3. The molecule has 5 rings (SSSR count). The van der Waals surface area contributed by atoms with Gasteiger partial charge in [0.1, 0.15) is 6.04 Å². The van der Waals surface area contributed by atoms with Gasteiger partial charge in [-0.2, -0.15) is 13.2 Å². The molecule has 2 aliphatic heterocycles. The molecule has 0 bridgehead atoms. The van der Waals surface area contributed by atoms with Crippen molar-refractivity contribution in [2.24, 2.45) is 0 Å². The van der Waals surface area contributed by atoms with Crippen LogP contribution in [0.5, 0.6) is 0 Å². The van der Waals surface area contributed by atoms with Crippen molar-refractivity contribution in [1.29, 1.82) is 0 Å². The minimum atomic E-state index is -5.06. The van der Waals surface area contributed by atoms with Gasteiger partial charge in [-0.15, -0.1) is 0 Å². The van der Waals surface area contributed by atoms with Crippen LogP contribution in [0.3, 0.4) is 0 Å². The molecule has 2 amide bonds. The average Bonchev–Trinajstić information content (AvgIpc) is 3.57. The number of aliphatic hydroxyl groups excluding tert-OH is 2. The molecule has 2 saturated heterocycles. The summed E-state index contributed by atoms with van der Waals surface area (Å²) in [4.78, 5) is 27.6. The van der Waals surface area contributed by atoms with Crippen LogP contribution in [-0.4, -0.2) is 76.3 Å². The zero-order valence-electron chi connectivity index (χ0n) is 26.3. The number of rotatable bonds is 10. The SMILES string of the molecule is CC(C(O)c1ccccc1)N(C)CC1CC(c2ccc(CO)cc2)OC(c2cccc(NC(=O)C3CCCN3C(=O)C(F)(F)F)c2)O1. The Hall–Kier alpha value is -3.81. The summed E-state index contributed by atoms with van der Waals surface area (Å²) in [6.07, 6.45) is -6.42. The molecule has 252 valence electrons. The number of amides is 2. The maximum Gasteiger partial charge on any atom is 0.471 e. The summed E-state index contributed by atoms with van der Waals surface area (Å²) in [5.41, 5.74) is 3.37. The van der Waals surface area contributed by atoms with Crippen LogP contribution in [0.15, 0.2) is 78.9 Å². The number of benzene rings is 3. The van der Waals surface area contributed by atoms with Crippen molar-refractivity contribution in [2.75, 3.05) is 25.5 Å². The van der Waals surface area contributed by atoms with Gasteiger partial charge < -0.3 is 29.9 Å². The molecule has 3 N–H and O–H groups in total. The molecule has 0 spiro atoms. The van der Waals surface area contributed by atoms with Gasteiger partial charge in [0.15, 0.2) is 6.29 Å². The lowest BCUT2D eigenvalue weighted by molar-refractivity contribution is -0.253. The minimum absolute atomic E-state index is 0.0892. The number of nitrogens with one attached hydrogen (secondary N) is 1. The summed E-state index contributed by atoms with van der Waals surface area (Å²) in [7, 11) is 1.92. The molecule has 6 unspecified atom stereocenters. The van der Waals surface area contributed by atoms with E-state index in [-0.39, 0.29) is 37.8 Å². The molecule has 3 aromatic rings. The molecule has 2 fully saturated rings. The Morgan fingerprint density at radius 1 is 1.02 bits per heavy atom. The van der Waals surface area contributed by atoms with Gasteiger partial charge >= 0.3 is 12.1 Å². The van der Waals surface area contributed by atoms with E-state index in [0.29, 0.717) is 35.5 Å². The van der Waals surface area contributed by atoms with Gasteiger partial charge in [0, 0.05) is 36.8 Å². The van der Waals surface area contributed by atoms with E-state index < -0.39 is 36.4 Å². The van der Waals surface area contributed by atoms with Crippen LogP contribution in [0.4, 0.5) is 18.9 Å². The van der Waals surface area contributed by atoms with Crippen LogP contribution in [0, 0.1) is 0 Å². The Kier molecular flexibility index (Phi) is 11.0. The molecule has 0 radical (unpaired) electrons. The van der Waals surface area contributed by atoms with Gasteiger partial charge in [-0.1, -0.05) is 66.7 Å². The topological polar surface area (TPSA) is 112 Å². The predicted octanol–water partition coefficient (Wildman–Crippen LogP) is 5.27. The van der Waals surface area contributed by atoms with E-state index in [1.165, 1.54) is 0 Å². The van der Waals surface area contributed by atoms with Gasteiger partial charge in [0.05, 0.1) is 24.9 Å². The van der Waals surface area contributed by atoms with Gasteiger partial charge in [-0.3, -0.25) is 14.5 Å². The van der Waals surface area contributed by atoms with Crippen molar-refractivity contribution >= 4 is 17.5 Å². The van der Waals surface area contributed by atoms with Gasteiger partial charge in [0.2, 0.25) is 5.91 Å². The van der Waals surface area contributed by atoms with E-state index in [4.69, 9.17) is 9.47 Å². The van der Waals surface area contributed by atoms with E-state index in [9.17, 15) is 33.0 Å². The van der Waals surface area contributed by atoms with Crippen LogP contribution in [-0.2, 0) is 25.7 Å². The van der Waals surface area contributed by atoms with Crippen molar-refractivity contribution in [2.45, 2.75) is 75.7 Å². The standard InChI is InChI=1S/C35H40F3N3O6/c1-22(31(43)25-8-4-3-5-9-25)40(2)20-28-19-30(24-15-13-23(21-42)14-16-24)47-33(46-28)26-10-6-11-27(18-26)39-32(44)29-12-7-17-41(29)34(45)35(36,37)38/h3-6,8-11,13-16,18,22,28-31,33,42-43H,7,12,17,19-21H2,1-2H3,(H,39,44). The van der Waals surface area contributed by atoms with Crippen LogP contribution in [0.25, 0.3) is 0 Å². The number of carbonyl (C=O) groups excluding carboxylic acids is 2. The third-order valence-corrected chi connectivity index (χ3v) is 8.89. The van der Waals surface area contributed by atoms with Crippen molar-refractivity contribution in [3.05, 3.63) is 101 Å². The normalized spacial score (nSPS) is 23.0. The van der Waals surface area contributed by atoms with E-state index in [1.807, 2.05) is 73.5 Å². The summed E-state index contributed by atoms with van der Waals surface area (Å²) >= 11 is 0. The molecule has 2 aliphatic rings. The Morgan fingerprint density at radius 2 is 1.74 bits per heavy atom. The minimum Gasteiger partial charge on any atom is -0.392 e. The largest absolute Gasteiger partial charge is 0.471 e. The third kappa shape index (κ3) is 8.38. The Balaban J connectivity index is 1.33. The first-order valence-corrected chi connectivity index (χ1v) is 15.7. The van der Waals surface area contributed by atoms with Crippen LogP contribution in [0.1, 0.15) is 66.9 Å². The first kappa shape index (κ1) is 34.5. The number of hydrogen-bond acceptors (Lipinski definition) is 7.